The van der Waals surface area contributed by atoms with Gasteiger partial charge in [-0.25, -0.2) is 4.98 Å². The summed E-state index contributed by atoms with van der Waals surface area (Å²) in [5.74, 6) is 0.600. The third-order valence-electron chi connectivity index (χ3n) is 11.3. The standard InChI is InChI=1S/C53H32N2O2S/c1-2-10-36(11-3-1)53-54-46-27-29-48-51(52(46)57-53)45-31-37(21-28-47(45)56-48)33-17-22-38(23-18-33)55(40-26-30-50-44(32-40)43-14-6-7-16-49(43)58-50)39-24-19-35(20-25-39)42-15-8-12-34-9-4-5-13-41(34)42/h1-32H. The largest absolute Gasteiger partial charge is 0.456 e. The number of anilines is 3. The summed E-state index contributed by atoms with van der Waals surface area (Å²) in [6, 6.07) is 68.9. The number of nitrogens with zero attached hydrogens (tertiary/aromatic N) is 2. The molecule has 4 nitrogen and oxygen atoms in total. The average molecular weight is 761 g/mol. The van der Waals surface area contributed by atoms with Crippen molar-refractivity contribution in [2.24, 2.45) is 0 Å². The zero-order chi connectivity index (χ0) is 38.2. The Morgan fingerprint density at radius 1 is 0.414 bits per heavy atom. The van der Waals surface area contributed by atoms with Gasteiger partial charge in [-0.3, -0.25) is 0 Å². The Hall–Kier alpha value is -7.47. The first-order valence-electron chi connectivity index (χ1n) is 19.4. The Balaban J connectivity index is 0.957. The van der Waals surface area contributed by atoms with Crippen molar-refractivity contribution in [1.29, 1.82) is 0 Å². The molecule has 0 N–H and O–H groups in total. The van der Waals surface area contributed by atoms with Gasteiger partial charge in [-0.05, 0) is 118 Å². The molecule has 0 amide bonds. The molecule has 12 aromatic rings. The van der Waals surface area contributed by atoms with Crippen molar-refractivity contribution in [3.63, 3.8) is 0 Å². The fraction of sp³-hybridized carbons (Fsp3) is 0. The summed E-state index contributed by atoms with van der Waals surface area (Å²) in [4.78, 5) is 7.19. The minimum Gasteiger partial charge on any atom is -0.456 e. The van der Waals surface area contributed by atoms with E-state index in [2.05, 4.69) is 157 Å². The quantitative estimate of drug-likeness (QED) is 0.169. The van der Waals surface area contributed by atoms with Gasteiger partial charge in [0.25, 0.3) is 0 Å². The van der Waals surface area contributed by atoms with Gasteiger partial charge in [-0.1, -0.05) is 109 Å². The Morgan fingerprint density at radius 2 is 1.09 bits per heavy atom. The van der Waals surface area contributed by atoms with Crippen LogP contribution in [0.25, 0.3) is 97.7 Å². The highest BCUT2D eigenvalue weighted by atomic mass is 32.1. The molecule has 0 unspecified atom stereocenters. The van der Waals surface area contributed by atoms with Gasteiger partial charge in [0.15, 0.2) is 5.58 Å². The Labute approximate surface area is 337 Å². The Morgan fingerprint density at radius 3 is 1.93 bits per heavy atom. The van der Waals surface area contributed by atoms with Crippen molar-refractivity contribution < 1.29 is 8.83 Å². The number of benzene rings is 9. The molecule has 0 saturated heterocycles. The normalized spacial score (nSPS) is 11.8. The predicted molar refractivity (Wildman–Crippen MR) is 243 cm³/mol. The molecule has 0 aliphatic heterocycles. The molecule has 3 aromatic heterocycles. The highest BCUT2D eigenvalue weighted by Crippen LogP contribution is 2.43. The van der Waals surface area contributed by atoms with Crippen LogP contribution in [0.2, 0.25) is 0 Å². The van der Waals surface area contributed by atoms with Crippen molar-refractivity contribution >= 4 is 92.4 Å². The van der Waals surface area contributed by atoms with E-state index in [4.69, 9.17) is 13.8 Å². The number of furan rings is 1. The van der Waals surface area contributed by atoms with Crippen molar-refractivity contribution in [2.45, 2.75) is 0 Å². The minimum atomic E-state index is 0.600. The SMILES string of the molecule is c1ccc(-c2nc3ccc4oc5ccc(-c6ccc(N(c7ccc(-c8cccc9ccccc89)cc7)c7ccc8sc9ccccc9c8c7)cc6)cc5c4c3o2)cc1. The van der Waals surface area contributed by atoms with Crippen LogP contribution < -0.4 is 4.90 Å². The zero-order valence-corrected chi connectivity index (χ0v) is 31.9. The summed E-state index contributed by atoms with van der Waals surface area (Å²) in [5, 5.41) is 6.99. The van der Waals surface area contributed by atoms with Gasteiger partial charge in [-0.2, -0.15) is 0 Å². The van der Waals surface area contributed by atoms with Crippen LogP contribution in [0.15, 0.2) is 203 Å². The molecule has 0 bridgehead atoms. The third-order valence-corrected chi connectivity index (χ3v) is 12.5. The van der Waals surface area contributed by atoms with Gasteiger partial charge >= 0.3 is 0 Å². The van der Waals surface area contributed by atoms with E-state index in [1.165, 1.54) is 42.1 Å². The number of fused-ring (bicyclic) bond motifs is 9. The Bertz CT molecular complexity index is 3500. The van der Waals surface area contributed by atoms with Crippen LogP contribution in [0.5, 0.6) is 0 Å². The van der Waals surface area contributed by atoms with E-state index in [1.807, 2.05) is 53.8 Å². The van der Waals surface area contributed by atoms with Gasteiger partial charge in [0.1, 0.15) is 16.7 Å². The molecule has 0 radical (unpaired) electrons. The second-order valence-corrected chi connectivity index (χ2v) is 15.8. The van der Waals surface area contributed by atoms with Crippen LogP contribution in [0.3, 0.4) is 0 Å². The number of thiophene rings is 1. The molecule has 5 heteroatoms. The molecule has 3 heterocycles. The molecular formula is C53H32N2O2S. The van der Waals surface area contributed by atoms with Crippen molar-refractivity contribution in [3.8, 4) is 33.7 Å². The van der Waals surface area contributed by atoms with Crippen molar-refractivity contribution in [1.82, 2.24) is 4.98 Å². The molecular weight excluding hydrogens is 729 g/mol. The third kappa shape index (κ3) is 5.32. The van der Waals surface area contributed by atoms with E-state index < -0.39 is 0 Å². The zero-order valence-electron chi connectivity index (χ0n) is 31.1. The fourth-order valence-corrected chi connectivity index (χ4v) is 9.59. The van der Waals surface area contributed by atoms with Crippen LogP contribution in [0, 0.1) is 0 Å². The second kappa shape index (κ2) is 13.1. The molecule has 12 rings (SSSR count). The smallest absolute Gasteiger partial charge is 0.227 e. The second-order valence-electron chi connectivity index (χ2n) is 14.7. The van der Waals surface area contributed by atoms with Gasteiger partial charge in [0.05, 0.1) is 5.39 Å². The fourth-order valence-electron chi connectivity index (χ4n) is 8.50. The summed E-state index contributed by atoms with van der Waals surface area (Å²) in [5.41, 5.74) is 12.0. The van der Waals surface area contributed by atoms with E-state index in [-0.39, 0.29) is 0 Å². The molecule has 9 aromatic carbocycles. The van der Waals surface area contributed by atoms with E-state index in [0.717, 1.165) is 66.8 Å². The highest BCUT2D eigenvalue weighted by Gasteiger charge is 2.19. The van der Waals surface area contributed by atoms with Crippen molar-refractivity contribution in [2.75, 3.05) is 4.90 Å². The lowest BCUT2D eigenvalue weighted by Crippen LogP contribution is -2.09. The van der Waals surface area contributed by atoms with E-state index in [1.54, 1.807) is 0 Å². The summed E-state index contributed by atoms with van der Waals surface area (Å²) in [6.07, 6.45) is 0. The lowest BCUT2D eigenvalue weighted by Gasteiger charge is -2.26. The molecule has 58 heavy (non-hydrogen) atoms. The van der Waals surface area contributed by atoms with Gasteiger partial charge in [0.2, 0.25) is 5.89 Å². The molecule has 0 fully saturated rings. The topological polar surface area (TPSA) is 42.4 Å². The first-order chi connectivity index (χ1) is 28.7. The van der Waals surface area contributed by atoms with Gasteiger partial charge in [0, 0.05) is 48.2 Å². The molecule has 0 saturated carbocycles. The summed E-state index contributed by atoms with van der Waals surface area (Å²) < 4.78 is 15.3. The highest BCUT2D eigenvalue weighted by molar-refractivity contribution is 7.25. The van der Waals surface area contributed by atoms with Gasteiger partial charge < -0.3 is 13.7 Å². The summed E-state index contributed by atoms with van der Waals surface area (Å²) in [6.45, 7) is 0. The minimum absolute atomic E-state index is 0.600. The van der Waals surface area contributed by atoms with E-state index in [0.29, 0.717) is 5.89 Å². The lowest BCUT2D eigenvalue weighted by atomic mass is 9.98. The lowest BCUT2D eigenvalue weighted by molar-refractivity contribution is 0.622. The van der Waals surface area contributed by atoms with E-state index >= 15 is 0 Å². The first kappa shape index (κ1) is 32.7. The average Bonchev–Trinajstić information content (AvgIpc) is 4.00. The van der Waals surface area contributed by atoms with Gasteiger partial charge in [-0.15, -0.1) is 11.3 Å². The van der Waals surface area contributed by atoms with Crippen LogP contribution in [-0.2, 0) is 0 Å². The summed E-state index contributed by atoms with van der Waals surface area (Å²) in [7, 11) is 0. The number of oxazole rings is 1. The molecule has 0 atom stereocenters. The maximum Gasteiger partial charge on any atom is 0.227 e. The van der Waals surface area contributed by atoms with Crippen LogP contribution >= 0.6 is 11.3 Å². The molecule has 272 valence electrons. The first-order valence-corrected chi connectivity index (χ1v) is 20.2. The van der Waals surface area contributed by atoms with Crippen LogP contribution in [-0.4, -0.2) is 4.98 Å². The van der Waals surface area contributed by atoms with E-state index in [9.17, 15) is 0 Å². The summed E-state index contributed by atoms with van der Waals surface area (Å²) >= 11 is 1.84. The molecule has 0 aliphatic carbocycles. The number of aromatic nitrogens is 1. The maximum atomic E-state index is 6.43. The number of hydrogen-bond acceptors (Lipinski definition) is 5. The van der Waals surface area contributed by atoms with Crippen molar-refractivity contribution in [3.05, 3.63) is 194 Å². The van der Waals surface area contributed by atoms with Crippen LogP contribution in [0.4, 0.5) is 17.1 Å². The number of hydrogen-bond donors (Lipinski definition) is 0. The number of rotatable bonds is 6. The molecule has 0 aliphatic rings. The maximum absolute atomic E-state index is 6.43. The predicted octanol–water partition coefficient (Wildman–Crippen LogP) is 15.7. The molecule has 0 spiro atoms. The Kier molecular flexibility index (Phi) is 7.37. The van der Waals surface area contributed by atoms with Crippen LogP contribution in [0.1, 0.15) is 0 Å². The monoisotopic (exact) mass is 760 g/mol.